The Kier molecular flexibility index (Phi) is 9.24. The highest BCUT2D eigenvalue weighted by atomic mass is 32.2. The quantitative estimate of drug-likeness (QED) is 0.411. The van der Waals surface area contributed by atoms with Crippen LogP contribution in [0, 0.1) is 5.82 Å². The van der Waals surface area contributed by atoms with Crippen molar-refractivity contribution in [3.8, 4) is 5.75 Å². The van der Waals surface area contributed by atoms with Crippen LogP contribution in [-0.4, -0.2) is 51.9 Å². The normalized spacial score (nSPS) is 11.9. The van der Waals surface area contributed by atoms with Crippen molar-refractivity contribution in [3.63, 3.8) is 0 Å². The highest BCUT2D eigenvalue weighted by Gasteiger charge is 2.33. The van der Waals surface area contributed by atoms with Crippen LogP contribution in [0.1, 0.15) is 18.9 Å². The van der Waals surface area contributed by atoms with Crippen molar-refractivity contribution in [3.05, 3.63) is 90.2 Å². The van der Waals surface area contributed by atoms with Gasteiger partial charge in [-0.05, 0) is 60.5 Å². The molecule has 10 heteroatoms. The maximum Gasteiger partial charge on any atom is 0.264 e. The second kappa shape index (κ2) is 12.4. The third kappa shape index (κ3) is 6.65. The minimum atomic E-state index is -4.24. The van der Waals surface area contributed by atoms with Gasteiger partial charge in [0, 0.05) is 13.6 Å². The van der Waals surface area contributed by atoms with E-state index in [0.717, 1.165) is 22.0 Å². The van der Waals surface area contributed by atoms with E-state index in [2.05, 4.69) is 5.32 Å². The van der Waals surface area contributed by atoms with E-state index in [1.807, 2.05) is 30.3 Å². The lowest BCUT2D eigenvalue weighted by atomic mass is 10.1. The molecule has 0 aromatic heterocycles. The fourth-order valence-electron chi connectivity index (χ4n) is 3.88. The SMILES string of the molecule is CCC(C(=O)NC)N(Cc1ccccc1)C(=O)CN(c1ccc(F)cc1)S(=O)(=O)c1ccc(OC)cc1. The summed E-state index contributed by atoms with van der Waals surface area (Å²) in [6, 6.07) is 18.9. The Hall–Kier alpha value is -3.92. The Balaban J connectivity index is 2.04. The standard InChI is InChI=1S/C27H30FN3O5S/c1-4-25(27(33)29-2)30(18-20-8-6-5-7-9-20)26(32)19-31(22-12-10-21(28)11-13-22)37(34,35)24-16-14-23(36-3)15-17-24/h5-17,25H,4,18-19H2,1-3H3,(H,29,33). The van der Waals surface area contributed by atoms with Crippen molar-refractivity contribution < 1.29 is 27.1 Å². The van der Waals surface area contributed by atoms with E-state index in [1.54, 1.807) is 6.92 Å². The van der Waals surface area contributed by atoms with Gasteiger partial charge in [-0.2, -0.15) is 0 Å². The van der Waals surface area contributed by atoms with E-state index in [1.165, 1.54) is 55.5 Å². The van der Waals surface area contributed by atoms with Crippen molar-refractivity contribution in [2.45, 2.75) is 30.8 Å². The number of likely N-dealkylation sites (N-methyl/N-ethyl adjacent to an activating group) is 1. The van der Waals surface area contributed by atoms with Crippen molar-refractivity contribution in [2.75, 3.05) is 25.0 Å². The summed E-state index contributed by atoms with van der Waals surface area (Å²) in [5, 5.41) is 2.58. The molecule has 3 aromatic rings. The van der Waals surface area contributed by atoms with Gasteiger partial charge in [-0.1, -0.05) is 37.3 Å². The van der Waals surface area contributed by atoms with Gasteiger partial charge in [0.25, 0.3) is 10.0 Å². The maximum atomic E-state index is 13.7. The van der Waals surface area contributed by atoms with Crippen LogP contribution in [-0.2, 0) is 26.2 Å². The van der Waals surface area contributed by atoms with Crippen LogP contribution in [0.5, 0.6) is 5.75 Å². The Morgan fingerprint density at radius 1 is 0.973 bits per heavy atom. The number of carbonyl (C=O) groups is 2. The number of carbonyl (C=O) groups excluding carboxylic acids is 2. The molecule has 1 unspecified atom stereocenters. The number of sulfonamides is 1. The first-order valence-electron chi connectivity index (χ1n) is 11.7. The zero-order valence-corrected chi connectivity index (χ0v) is 21.7. The van der Waals surface area contributed by atoms with Gasteiger partial charge in [0.1, 0.15) is 24.2 Å². The van der Waals surface area contributed by atoms with Crippen molar-refractivity contribution in [1.82, 2.24) is 10.2 Å². The van der Waals surface area contributed by atoms with Crippen LogP contribution < -0.4 is 14.4 Å². The van der Waals surface area contributed by atoms with Gasteiger partial charge >= 0.3 is 0 Å². The lowest BCUT2D eigenvalue weighted by molar-refractivity contribution is -0.140. The number of hydrogen-bond donors (Lipinski definition) is 1. The van der Waals surface area contributed by atoms with Crippen LogP contribution in [0.4, 0.5) is 10.1 Å². The molecular weight excluding hydrogens is 497 g/mol. The molecule has 2 amide bonds. The Morgan fingerprint density at radius 2 is 1.59 bits per heavy atom. The predicted octanol–water partition coefficient (Wildman–Crippen LogP) is 3.58. The molecule has 0 saturated heterocycles. The summed E-state index contributed by atoms with van der Waals surface area (Å²) in [5.41, 5.74) is 0.891. The van der Waals surface area contributed by atoms with Gasteiger partial charge in [-0.15, -0.1) is 0 Å². The molecule has 1 N–H and O–H groups in total. The van der Waals surface area contributed by atoms with Crippen LogP contribution >= 0.6 is 0 Å². The van der Waals surface area contributed by atoms with Crippen LogP contribution in [0.15, 0.2) is 83.8 Å². The number of benzene rings is 3. The average molecular weight is 528 g/mol. The predicted molar refractivity (Wildman–Crippen MR) is 139 cm³/mol. The Bertz CT molecular complexity index is 1300. The molecule has 0 heterocycles. The highest BCUT2D eigenvalue weighted by molar-refractivity contribution is 7.92. The molecule has 3 aromatic carbocycles. The fraction of sp³-hybridized carbons (Fsp3) is 0.259. The summed E-state index contributed by atoms with van der Waals surface area (Å²) in [4.78, 5) is 27.7. The molecule has 0 spiro atoms. The molecular formula is C27H30FN3O5S. The number of nitrogens with one attached hydrogen (secondary N) is 1. The summed E-state index contributed by atoms with van der Waals surface area (Å²) < 4.78 is 47.1. The Labute approximate surface area is 216 Å². The number of hydrogen-bond acceptors (Lipinski definition) is 5. The molecule has 0 bridgehead atoms. The number of anilines is 1. The number of rotatable bonds is 11. The van der Waals surface area contributed by atoms with E-state index < -0.39 is 34.3 Å². The summed E-state index contributed by atoms with van der Waals surface area (Å²) in [7, 11) is -1.30. The average Bonchev–Trinajstić information content (AvgIpc) is 2.92. The van der Waals surface area contributed by atoms with Crippen LogP contribution in [0.25, 0.3) is 0 Å². The first kappa shape index (κ1) is 27.7. The van der Waals surface area contributed by atoms with E-state index in [0.29, 0.717) is 12.2 Å². The third-order valence-electron chi connectivity index (χ3n) is 5.87. The zero-order valence-electron chi connectivity index (χ0n) is 20.9. The molecule has 0 fully saturated rings. The molecule has 0 saturated carbocycles. The molecule has 37 heavy (non-hydrogen) atoms. The third-order valence-corrected chi connectivity index (χ3v) is 7.66. The van der Waals surface area contributed by atoms with Gasteiger partial charge in [0.05, 0.1) is 17.7 Å². The minimum Gasteiger partial charge on any atom is -0.497 e. The van der Waals surface area contributed by atoms with E-state index in [4.69, 9.17) is 4.74 Å². The number of nitrogens with zero attached hydrogens (tertiary/aromatic N) is 2. The molecule has 0 aliphatic heterocycles. The van der Waals surface area contributed by atoms with Crippen LogP contribution in [0.2, 0.25) is 0 Å². The van der Waals surface area contributed by atoms with Gasteiger partial charge in [0.2, 0.25) is 11.8 Å². The fourth-order valence-corrected chi connectivity index (χ4v) is 5.29. The van der Waals surface area contributed by atoms with E-state index in [9.17, 15) is 22.4 Å². The van der Waals surface area contributed by atoms with Gasteiger partial charge in [-0.25, -0.2) is 12.8 Å². The van der Waals surface area contributed by atoms with Crippen molar-refractivity contribution >= 4 is 27.5 Å². The molecule has 3 rings (SSSR count). The molecule has 0 aliphatic carbocycles. The number of ether oxygens (including phenoxy) is 1. The van der Waals surface area contributed by atoms with Gasteiger partial charge in [-0.3, -0.25) is 13.9 Å². The number of methoxy groups -OCH3 is 1. The summed E-state index contributed by atoms with van der Waals surface area (Å²) >= 11 is 0. The Morgan fingerprint density at radius 3 is 2.14 bits per heavy atom. The molecule has 0 radical (unpaired) electrons. The van der Waals surface area contributed by atoms with E-state index in [-0.39, 0.29) is 23.0 Å². The lowest BCUT2D eigenvalue weighted by Gasteiger charge is -2.33. The van der Waals surface area contributed by atoms with Gasteiger partial charge in [0.15, 0.2) is 0 Å². The second-order valence-electron chi connectivity index (χ2n) is 8.21. The zero-order chi connectivity index (χ0) is 27.0. The minimum absolute atomic E-state index is 0.0709. The molecule has 196 valence electrons. The largest absolute Gasteiger partial charge is 0.497 e. The summed E-state index contributed by atoms with van der Waals surface area (Å²) in [6.07, 6.45) is 0.319. The molecule has 8 nitrogen and oxygen atoms in total. The topological polar surface area (TPSA) is 96.0 Å². The number of halogens is 1. The second-order valence-corrected chi connectivity index (χ2v) is 10.1. The smallest absolute Gasteiger partial charge is 0.264 e. The number of amides is 2. The summed E-state index contributed by atoms with van der Waals surface area (Å²) in [5.74, 6) is -1.03. The molecule has 0 aliphatic rings. The van der Waals surface area contributed by atoms with Crippen molar-refractivity contribution in [1.29, 1.82) is 0 Å². The monoisotopic (exact) mass is 527 g/mol. The van der Waals surface area contributed by atoms with Gasteiger partial charge < -0.3 is 15.0 Å². The van der Waals surface area contributed by atoms with Crippen LogP contribution in [0.3, 0.4) is 0 Å². The van der Waals surface area contributed by atoms with Crippen molar-refractivity contribution in [2.24, 2.45) is 0 Å². The first-order chi connectivity index (χ1) is 17.7. The first-order valence-corrected chi connectivity index (χ1v) is 13.1. The summed E-state index contributed by atoms with van der Waals surface area (Å²) in [6.45, 7) is 1.28. The molecule has 1 atom stereocenters. The maximum absolute atomic E-state index is 13.7. The highest BCUT2D eigenvalue weighted by Crippen LogP contribution is 2.26. The lowest BCUT2D eigenvalue weighted by Crippen LogP contribution is -2.51. The van der Waals surface area contributed by atoms with E-state index >= 15 is 0 Å².